The number of nitrogens with one attached hydrogen (secondary N) is 1. The van der Waals surface area contributed by atoms with Crippen LogP contribution in [0.2, 0.25) is 5.02 Å². The van der Waals surface area contributed by atoms with Crippen molar-refractivity contribution in [1.82, 2.24) is 10.4 Å². The minimum Gasteiger partial charge on any atom is -0.271 e. The molecule has 2 aromatic rings. The fourth-order valence-electron chi connectivity index (χ4n) is 2.04. The van der Waals surface area contributed by atoms with E-state index in [-0.39, 0.29) is 6.04 Å². The third kappa shape index (κ3) is 3.54. The van der Waals surface area contributed by atoms with Crippen molar-refractivity contribution in [1.29, 1.82) is 0 Å². The molecule has 3 N–H and O–H groups in total. The van der Waals surface area contributed by atoms with Gasteiger partial charge < -0.3 is 0 Å². The van der Waals surface area contributed by atoms with Crippen LogP contribution in [-0.4, -0.2) is 4.98 Å². The van der Waals surface area contributed by atoms with Crippen LogP contribution in [0.1, 0.15) is 32.7 Å². The summed E-state index contributed by atoms with van der Waals surface area (Å²) in [7, 11) is 0. The first kappa shape index (κ1) is 14.5. The molecular weight excluding hydrogens is 278 g/mol. The van der Waals surface area contributed by atoms with E-state index in [9.17, 15) is 0 Å². The number of benzene rings is 1. The quantitative estimate of drug-likeness (QED) is 0.671. The summed E-state index contributed by atoms with van der Waals surface area (Å²) in [6.45, 7) is 6.15. The van der Waals surface area contributed by atoms with E-state index in [1.807, 2.05) is 26.0 Å². The Morgan fingerprint density at radius 2 is 2.05 bits per heavy atom. The molecule has 0 saturated heterocycles. The summed E-state index contributed by atoms with van der Waals surface area (Å²) in [6.07, 6.45) is 0.773. The van der Waals surface area contributed by atoms with Gasteiger partial charge in [-0.2, -0.15) is 0 Å². The molecule has 0 radical (unpaired) electrons. The van der Waals surface area contributed by atoms with Gasteiger partial charge in [0.2, 0.25) is 0 Å². The number of hydrazine groups is 1. The van der Waals surface area contributed by atoms with E-state index < -0.39 is 0 Å². The Bertz CT molecular complexity index is 540. The van der Waals surface area contributed by atoms with Gasteiger partial charge in [0.15, 0.2) is 0 Å². The summed E-state index contributed by atoms with van der Waals surface area (Å²) in [5.41, 5.74) is 6.18. The number of rotatable bonds is 4. The molecule has 2 rings (SSSR count). The van der Waals surface area contributed by atoms with Crippen LogP contribution in [0.15, 0.2) is 18.2 Å². The largest absolute Gasteiger partial charge is 0.271 e. The minimum atomic E-state index is 0.0300. The van der Waals surface area contributed by atoms with Crippen LogP contribution in [0.5, 0.6) is 0 Å². The van der Waals surface area contributed by atoms with Gasteiger partial charge in [0, 0.05) is 16.3 Å². The zero-order valence-electron chi connectivity index (χ0n) is 11.3. The molecule has 0 bridgehead atoms. The molecule has 0 fully saturated rings. The zero-order chi connectivity index (χ0) is 14.0. The summed E-state index contributed by atoms with van der Waals surface area (Å²) in [5, 5.41) is 1.83. The molecule has 19 heavy (non-hydrogen) atoms. The van der Waals surface area contributed by atoms with E-state index in [1.165, 1.54) is 4.88 Å². The van der Waals surface area contributed by atoms with E-state index in [2.05, 4.69) is 23.4 Å². The summed E-state index contributed by atoms with van der Waals surface area (Å²) >= 11 is 7.82. The number of nitrogens with zero attached hydrogens (tertiary/aromatic N) is 1. The molecule has 0 aliphatic heterocycles. The highest BCUT2D eigenvalue weighted by Gasteiger charge is 2.14. The van der Waals surface area contributed by atoms with Crippen molar-refractivity contribution in [3.63, 3.8) is 0 Å². The van der Waals surface area contributed by atoms with Gasteiger partial charge in [-0.05, 0) is 44.0 Å². The van der Waals surface area contributed by atoms with Crippen molar-refractivity contribution in [2.24, 2.45) is 5.84 Å². The second-order valence-electron chi connectivity index (χ2n) is 4.73. The van der Waals surface area contributed by atoms with Crippen molar-refractivity contribution < 1.29 is 0 Å². The van der Waals surface area contributed by atoms with Gasteiger partial charge in [-0.1, -0.05) is 17.7 Å². The molecule has 3 nitrogen and oxygen atoms in total. The number of aryl methyl sites for hydroxylation is 3. The first-order valence-corrected chi connectivity index (χ1v) is 7.35. The van der Waals surface area contributed by atoms with Gasteiger partial charge in [-0.25, -0.2) is 4.98 Å². The van der Waals surface area contributed by atoms with Gasteiger partial charge in [0.25, 0.3) is 0 Å². The maximum absolute atomic E-state index is 6.10. The lowest BCUT2D eigenvalue weighted by Crippen LogP contribution is -2.29. The Kier molecular flexibility index (Phi) is 4.58. The minimum absolute atomic E-state index is 0.0300. The maximum Gasteiger partial charge on any atom is 0.0950 e. The molecule has 0 spiro atoms. The Labute approximate surface area is 122 Å². The number of hydrogen-bond acceptors (Lipinski definition) is 4. The molecule has 1 aromatic heterocycles. The lowest BCUT2D eigenvalue weighted by Gasteiger charge is -2.16. The molecule has 0 aliphatic rings. The van der Waals surface area contributed by atoms with Crippen LogP contribution in [0, 0.1) is 20.8 Å². The predicted molar refractivity (Wildman–Crippen MR) is 81.5 cm³/mol. The van der Waals surface area contributed by atoms with E-state index >= 15 is 0 Å². The molecule has 1 atom stereocenters. The Morgan fingerprint density at radius 1 is 1.32 bits per heavy atom. The van der Waals surface area contributed by atoms with E-state index in [0.717, 1.165) is 33.3 Å². The zero-order valence-corrected chi connectivity index (χ0v) is 12.9. The second kappa shape index (κ2) is 6.01. The second-order valence-corrected chi connectivity index (χ2v) is 6.46. The van der Waals surface area contributed by atoms with Crippen LogP contribution in [0.4, 0.5) is 0 Å². The highest BCUT2D eigenvalue weighted by Crippen LogP contribution is 2.25. The average Bonchev–Trinajstić information content (AvgIpc) is 2.64. The first-order chi connectivity index (χ1) is 8.99. The van der Waals surface area contributed by atoms with E-state index in [0.29, 0.717) is 0 Å². The average molecular weight is 296 g/mol. The normalized spacial score (nSPS) is 12.7. The number of thiazole rings is 1. The third-order valence-electron chi connectivity index (χ3n) is 3.12. The van der Waals surface area contributed by atoms with Crippen LogP contribution in [0.25, 0.3) is 0 Å². The highest BCUT2D eigenvalue weighted by molar-refractivity contribution is 7.11. The molecule has 1 unspecified atom stereocenters. The molecule has 0 aliphatic carbocycles. The fraction of sp³-hybridized carbons (Fsp3) is 0.357. The Morgan fingerprint density at radius 3 is 2.58 bits per heavy atom. The molecule has 0 amide bonds. The van der Waals surface area contributed by atoms with Gasteiger partial charge in [-0.15, -0.1) is 11.3 Å². The van der Waals surface area contributed by atoms with Crippen LogP contribution < -0.4 is 11.3 Å². The molecule has 5 heteroatoms. The number of hydrogen-bond donors (Lipinski definition) is 2. The van der Waals surface area contributed by atoms with Gasteiger partial charge in [0.05, 0.1) is 16.7 Å². The predicted octanol–water partition coefficient (Wildman–Crippen LogP) is 3.47. The Balaban J connectivity index is 2.24. The SMILES string of the molecule is Cc1cc(Cl)cc(C(Cc2nc(C)c(C)s2)NN)c1. The lowest BCUT2D eigenvalue weighted by molar-refractivity contribution is 0.550. The molecule has 1 aromatic carbocycles. The smallest absolute Gasteiger partial charge is 0.0950 e. The van der Waals surface area contributed by atoms with Crippen LogP contribution in [0.3, 0.4) is 0 Å². The first-order valence-electron chi connectivity index (χ1n) is 6.15. The van der Waals surface area contributed by atoms with E-state index in [1.54, 1.807) is 11.3 Å². The van der Waals surface area contributed by atoms with Crippen molar-refractivity contribution in [2.45, 2.75) is 33.2 Å². The maximum atomic E-state index is 6.10. The topological polar surface area (TPSA) is 50.9 Å². The summed E-state index contributed by atoms with van der Waals surface area (Å²) in [4.78, 5) is 5.82. The number of halogens is 1. The highest BCUT2D eigenvalue weighted by atomic mass is 35.5. The summed E-state index contributed by atoms with van der Waals surface area (Å²) < 4.78 is 0. The van der Waals surface area contributed by atoms with Crippen molar-refractivity contribution in [2.75, 3.05) is 0 Å². The van der Waals surface area contributed by atoms with Crippen LogP contribution in [-0.2, 0) is 6.42 Å². The number of aromatic nitrogens is 1. The third-order valence-corrected chi connectivity index (χ3v) is 4.43. The molecule has 102 valence electrons. The summed E-state index contributed by atoms with van der Waals surface area (Å²) in [5.74, 6) is 5.68. The molecule has 0 saturated carbocycles. The van der Waals surface area contributed by atoms with Gasteiger partial charge in [0.1, 0.15) is 0 Å². The van der Waals surface area contributed by atoms with Crippen LogP contribution >= 0.6 is 22.9 Å². The summed E-state index contributed by atoms with van der Waals surface area (Å²) in [6, 6.07) is 6.02. The van der Waals surface area contributed by atoms with Gasteiger partial charge in [-0.3, -0.25) is 11.3 Å². The van der Waals surface area contributed by atoms with E-state index in [4.69, 9.17) is 17.4 Å². The standard InChI is InChI=1S/C14H18ClN3S/c1-8-4-11(6-12(15)5-8)13(18-16)7-14-17-9(2)10(3)19-14/h4-6,13,18H,7,16H2,1-3H3. The fourth-order valence-corrected chi connectivity index (χ4v) is 3.32. The van der Waals surface area contributed by atoms with Gasteiger partial charge >= 0.3 is 0 Å². The van der Waals surface area contributed by atoms with Crippen molar-refractivity contribution >= 4 is 22.9 Å². The number of nitrogens with two attached hydrogens (primary N) is 1. The van der Waals surface area contributed by atoms with Crippen molar-refractivity contribution in [3.05, 3.63) is 49.9 Å². The lowest BCUT2D eigenvalue weighted by atomic mass is 10.0. The monoisotopic (exact) mass is 295 g/mol. The molecular formula is C14H18ClN3S. The van der Waals surface area contributed by atoms with Crippen molar-refractivity contribution in [3.8, 4) is 0 Å². The molecule has 1 heterocycles. The Hall–Kier alpha value is -0.940.